The average molecular weight is 276 g/mol. The molecule has 1 aliphatic rings. The van der Waals surface area contributed by atoms with E-state index in [0.29, 0.717) is 6.04 Å². The van der Waals surface area contributed by atoms with Crippen LogP contribution in [0.4, 0.5) is 0 Å². The van der Waals surface area contributed by atoms with Crippen molar-refractivity contribution in [3.8, 4) is 5.75 Å². The molecule has 1 heterocycles. The number of benzene rings is 1. The average Bonchev–Trinajstić information content (AvgIpc) is 2.48. The molecule has 1 fully saturated rings. The van der Waals surface area contributed by atoms with Crippen molar-refractivity contribution in [2.75, 3.05) is 20.2 Å². The number of hydrogen-bond donors (Lipinski definition) is 1. The second kappa shape index (κ2) is 7.09. The van der Waals surface area contributed by atoms with Crippen molar-refractivity contribution >= 4 is 0 Å². The molecule has 3 nitrogen and oxygen atoms in total. The lowest BCUT2D eigenvalue weighted by atomic mass is 9.90. The van der Waals surface area contributed by atoms with Crippen LogP contribution < -0.4 is 10.5 Å². The van der Waals surface area contributed by atoms with Crippen molar-refractivity contribution in [1.82, 2.24) is 4.90 Å². The van der Waals surface area contributed by atoms with Gasteiger partial charge in [0.05, 0.1) is 7.11 Å². The highest BCUT2D eigenvalue weighted by molar-refractivity contribution is 5.30. The van der Waals surface area contributed by atoms with E-state index in [2.05, 4.69) is 30.9 Å². The first-order chi connectivity index (χ1) is 9.65. The van der Waals surface area contributed by atoms with E-state index in [-0.39, 0.29) is 6.04 Å². The third-order valence-electron chi connectivity index (χ3n) is 4.58. The lowest BCUT2D eigenvalue weighted by Crippen LogP contribution is -2.43. The van der Waals surface area contributed by atoms with Gasteiger partial charge in [-0.05, 0) is 56.5 Å². The SMILES string of the molecule is CCC1CCN(C(c2ccc(OC)cc2)C(C)N)CC1. The van der Waals surface area contributed by atoms with Gasteiger partial charge in [0.15, 0.2) is 0 Å². The van der Waals surface area contributed by atoms with Crippen LogP contribution in [0.2, 0.25) is 0 Å². The molecule has 112 valence electrons. The maximum Gasteiger partial charge on any atom is 0.118 e. The van der Waals surface area contributed by atoms with Gasteiger partial charge < -0.3 is 10.5 Å². The molecule has 0 amide bonds. The molecule has 2 unspecified atom stereocenters. The maximum absolute atomic E-state index is 6.26. The molecule has 0 spiro atoms. The van der Waals surface area contributed by atoms with Gasteiger partial charge in [-0.1, -0.05) is 25.5 Å². The number of likely N-dealkylation sites (tertiary alicyclic amines) is 1. The van der Waals surface area contributed by atoms with Crippen molar-refractivity contribution in [3.05, 3.63) is 29.8 Å². The zero-order chi connectivity index (χ0) is 14.5. The molecule has 2 N–H and O–H groups in total. The molecule has 1 saturated heterocycles. The van der Waals surface area contributed by atoms with Gasteiger partial charge in [0.2, 0.25) is 0 Å². The molecule has 1 aliphatic heterocycles. The zero-order valence-electron chi connectivity index (χ0n) is 13.0. The van der Waals surface area contributed by atoms with E-state index in [1.54, 1.807) is 7.11 Å². The van der Waals surface area contributed by atoms with Crippen molar-refractivity contribution in [2.45, 2.75) is 45.2 Å². The summed E-state index contributed by atoms with van der Waals surface area (Å²) >= 11 is 0. The number of nitrogens with zero attached hydrogens (tertiary/aromatic N) is 1. The van der Waals surface area contributed by atoms with Gasteiger partial charge in [0, 0.05) is 12.1 Å². The Kier molecular flexibility index (Phi) is 5.44. The summed E-state index contributed by atoms with van der Waals surface area (Å²) < 4.78 is 5.24. The lowest BCUT2D eigenvalue weighted by Gasteiger charge is -2.39. The van der Waals surface area contributed by atoms with Gasteiger partial charge in [0.25, 0.3) is 0 Å². The van der Waals surface area contributed by atoms with Gasteiger partial charge >= 0.3 is 0 Å². The Balaban J connectivity index is 2.10. The molecule has 2 rings (SSSR count). The molecule has 2 atom stereocenters. The van der Waals surface area contributed by atoms with Crippen LogP contribution in [0.5, 0.6) is 5.75 Å². The summed E-state index contributed by atoms with van der Waals surface area (Å²) in [7, 11) is 1.70. The number of rotatable bonds is 5. The summed E-state index contributed by atoms with van der Waals surface area (Å²) in [4.78, 5) is 2.55. The first-order valence-corrected chi connectivity index (χ1v) is 7.79. The lowest BCUT2D eigenvalue weighted by molar-refractivity contribution is 0.117. The molecular weight excluding hydrogens is 248 g/mol. The number of methoxy groups -OCH3 is 1. The third kappa shape index (κ3) is 3.53. The largest absolute Gasteiger partial charge is 0.497 e. The van der Waals surface area contributed by atoms with Crippen LogP contribution in [0.3, 0.4) is 0 Å². The molecule has 0 aromatic heterocycles. The van der Waals surface area contributed by atoms with E-state index in [0.717, 1.165) is 24.8 Å². The standard InChI is InChI=1S/C17H28N2O/c1-4-14-9-11-19(12-10-14)17(13(2)18)15-5-7-16(20-3)8-6-15/h5-8,13-14,17H,4,9-12,18H2,1-3H3. The molecule has 0 saturated carbocycles. The Morgan fingerprint density at radius 3 is 2.30 bits per heavy atom. The van der Waals surface area contributed by atoms with Gasteiger partial charge in [-0.25, -0.2) is 0 Å². The van der Waals surface area contributed by atoms with Crippen LogP contribution >= 0.6 is 0 Å². The summed E-state index contributed by atoms with van der Waals surface area (Å²) in [6.07, 6.45) is 3.91. The topological polar surface area (TPSA) is 38.5 Å². The predicted octanol–water partition coefficient (Wildman–Crippen LogP) is 3.21. The summed E-state index contributed by atoms with van der Waals surface area (Å²) in [6, 6.07) is 8.82. The van der Waals surface area contributed by atoms with E-state index in [1.165, 1.54) is 24.8 Å². The monoisotopic (exact) mass is 276 g/mol. The van der Waals surface area contributed by atoms with Crippen LogP contribution in [-0.4, -0.2) is 31.1 Å². The molecule has 0 aliphatic carbocycles. The number of nitrogens with two attached hydrogens (primary N) is 1. The second-order valence-electron chi connectivity index (χ2n) is 5.96. The summed E-state index contributed by atoms with van der Waals surface area (Å²) in [6.45, 7) is 6.74. The fourth-order valence-corrected chi connectivity index (χ4v) is 3.29. The summed E-state index contributed by atoms with van der Waals surface area (Å²) in [5, 5.41) is 0. The molecule has 3 heteroatoms. The highest BCUT2D eigenvalue weighted by atomic mass is 16.5. The minimum atomic E-state index is 0.140. The van der Waals surface area contributed by atoms with Crippen LogP contribution in [0, 0.1) is 5.92 Å². The number of ether oxygens (including phenoxy) is 1. The van der Waals surface area contributed by atoms with Gasteiger partial charge in [-0.3, -0.25) is 4.90 Å². The van der Waals surface area contributed by atoms with E-state index in [4.69, 9.17) is 10.5 Å². The Bertz CT molecular complexity index is 394. The minimum Gasteiger partial charge on any atom is -0.497 e. The molecule has 20 heavy (non-hydrogen) atoms. The van der Waals surface area contributed by atoms with Gasteiger partial charge in [0.1, 0.15) is 5.75 Å². The van der Waals surface area contributed by atoms with E-state index in [9.17, 15) is 0 Å². The second-order valence-corrected chi connectivity index (χ2v) is 5.96. The van der Waals surface area contributed by atoms with Crippen molar-refractivity contribution in [3.63, 3.8) is 0 Å². The molecular formula is C17H28N2O. The number of hydrogen-bond acceptors (Lipinski definition) is 3. The quantitative estimate of drug-likeness (QED) is 0.897. The summed E-state index contributed by atoms with van der Waals surface area (Å²) in [5.74, 6) is 1.80. The normalized spacial score (nSPS) is 20.6. The Labute approximate surface area is 123 Å². The highest BCUT2D eigenvalue weighted by Crippen LogP contribution is 2.30. The summed E-state index contributed by atoms with van der Waals surface area (Å²) in [5.41, 5.74) is 7.57. The van der Waals surface area contributed by atoms with Crippen molar-refractivity contribution < 1.29 is 4.74 Å². The number of piperidine rings is 1. The fourth-order valence-electron chi connectivity index (χ4n) is 3.29. The molecule has 0 radical (unpaired) electrons. The predicted molar refractivity (Wildman–Crippen MR) is 84.0 cm³/mol. The molecule has 1 aromatic carbocycles. The van der Waals surface area contributed by atoms with Crippen LogP contribution in [0.25, 0.3) is 0 Å². The molecule has 0 bridgehead atoms. The van der Waals surface area contributed by atoms with Crippen LogP contribution in [0.1, 0.15) is 44.7 Å². The first kappa shape index (κ1) is 15.3. The first-order valence-electron chi connectivity index (χ1n) is 7.79. The highest BCUT2D eigenvalue weighted by Gasteiger charge is 2.27. The van der Waals surface area contributed by atoms with Crippen molar-refractivity contribution in [1.29, 1.82) is 0 Å². The minimum absolute atomic E-state index is 0.140. The Hall–Kier alpha value is -1.06. The van der Waals surface area contributed by atoms with Gasteiger partial charge in [-0.15, -0.1) is 0 Å². The fraction of sp³-hybridized carbons (Fsp3) is 0.647. The van der Waals surface area contributed by atoms with E-state index < -0.39 is 0 Å². The third-order valence-corrected chi connectivity index (χ3v) is 4.58. The molecule has 1 aromatic rings. The Morgan fingerprint density at radius 2 is 1.85 bits per heavy atom. The maximum atomic E-state index is 6.26. The van der Waals surface area contributed by atoms with Crippen LogP contribution in [-0.2, 0) is 0 Å². The van der Waals surface area contributed by atoms with E-state index in [1.807, 2.05) is 12.1 Å². The van der Waals surface area contributed by atoms with E-state index >= 15 is 0 Å². The van der Waals surface area contributed by atoms with Crippen molar-refractivity contribution in [2.24, 2.45) is 11.7 Å². The Morgan fingerprint density at radius 1 is 1.25 bits per heavy atom. The van der Waals surface area contributed by atoms with Crippen LogP contribution in [0.15, 0.2) is 24.3 Å². The van der Waals surface area contributed by atoms with Gasteiger partial charge in [-0.2, -0.15) is 0 Å². The zero-order valence-corrected chi connectivity index (χ0v) is 13.0. The smallest absolute Gasteiger partial charge is 0.118 e.